The lowest BCUT2D eigenvalue weighted by Gasteiger charge is -2.28. The van der Waals surface area contributed by atoms with Gasteiger partial charge in [0.1, 0.15) is 17.9 Å². The fourth-order valence-corrected chi connectivity index (χ4v) is 4.39. The molecule has 1 unspecified atom stereocenters. The first-order valence-corrected chi connectivity index (χ1v) is 10.7. The molecule has 1 heterocycles. The minimum Gasteiger partial charge on any atom is -0.492 e. The Morgan fingerprint density at radius 3 is 2.70 bits per heavy atom. The monoisotopic (exact) mass is 427 g/mol. The summed E-state index contributed by atoms with van der Waals surface area (Å²) in [7, 11) is 1.87. The van der Waals surface area contributed by atoms with Gasteiger partial charge in [-0.25, -0.2) is 9.69 Å². The molecular weight excluding hydrogens is 402 g/mol. The second kappa shape index (κ2) is 8.66. The topological polar surface area (TPSA) is 61.9 Å². The molecule has 2 aliphatic rings. The fourth-order valence-electron chi connectivity index (χ4n) is 4.26. The second-order valence-electron chi connectivity index (χ2n) is 7.96. The summed E-state index contributed by atoms with van der Waals surface area (Å²) < 4.78 is 5.72. The lowest BCUT2D eigenvalue weighted by atomic mass is 9.84. The summed E-state index contributed by atoms with van der Waals surface area (Å²) in [5.74, 6) is 0.573. The number of hydrogen-bond acceptors (Lipinski definition) is 4. The lowest BCUT2D eigenvalue weighted by Crippen LogP contribution is -2.45. The van der Waals surface area contributed by atoms with Gasteiger partial charge in [0.2, 0.25) is 0 Å². The van der Waals surface area contributed by atoms with Crippen LogP contribution in [-0.2, 0) is 16.8 Å². The van der Waals surface area contributed by atoms with Gasteiger partial charge in [0.25, 0.3) is 5.91 Å². The average molecular weight is 428 g/mol. The molecule has 0 aromatic heterocycles. The zero-order valence-electron chi connectivity index (χ0n) is 17.1. The van der Waals surface area contributed by atoms with E-state index >= 15 is 0 Å². The number of carbonyl (C=O) groups is 2. The van der Waals surface area contributed by atoms with Gasteiger partial charge >= 0.3 is 6.03 Å². The fraction of sp³-hybridized carbons (Fsp3) is 0.391. The van der Waals surface area contributed by atoms with Crippen molar-refractivity contribution in [3.8, 4) is 5.75 Å². The Labute approximate surface area is 181 Å². The van der Waals surface area contributed by atoms with Crippen LogP contribution < -0.4 is 10.1 Å². The number of benzene rings is 2. The number of fused-ring (bicyclic) bond motifs is 2. The maximum absolute atomic E-state index is 13.4. The number of nitrogens with zero attached hydrogens (tertiary/aromatic N) is 2. The molecule has 2 aromatic rings. The van der Waals surface area contributed by atoms with E-state index in [2.05, 4.69) is 11.4 Å². The van der Waals surface area contributed by atoms with E-state index in [1.807, 2.05) is 42.3 Å². The van der Waals surface area contributed by atoms with E-state index in [0.29, 0.717) is 24.6 Å². The summed E-state index contributed by atoms with van der Waals surface area (Å²) in [6.45, 7) is 1.23. The first-order valence-electron chi connectivity index (χ1n) is 10.3. The van der Waals surface area contributed by atoms with E-state index in [1.165, 1.54) is 4.90 Å². The van der Waals surface area contributed by atoms with Crippen LogP contribution in [0, 0.1) is 0 Å². The van der Waals surface area contributed by atoms with Crippen molar-refractivity contribution in [1.82, 2.24) is 15.1 Å². The minimum absolute atomic E-state index is 0.160. The summed E-state index contributed by atoms with van der Waals surface area (Å²) in [6, 6.07) is 14.8. The number of nitrogens with one attached hydrogen (secondary N) is 1. The van der Waals surface area contributed by atoms with Gasteiger partial charge in [-0.1, -0.05) is 35.9 Å². The molecule has 1 fully saturated rings. The highest BCUT2D eigenvalue weighted by atomic mass is 35.5. The van der Waals surface area contributed by atoms with Crippen molar-refractivity contribution in [2.75, 3.05) is 26.9 Å². The predicted octanol–water partition coefficient (Wildman–Crippen LogP) is 3.78. The SMILES string of the molecule is CN(CCOc1ccc(Cl)cc1)CN1C(=O)NC2(CCCCc3ccccc32)C1=O. The zero-order valence-corrected chi connectivity index (χ0v) is 17.8. The summed E-state index contributed by atoms with van der Waals surface area (Å²) in [6.07, 6.45) is 3.49. The third-order valence-electron chi connectivity index (χ3n) is 5.84. The van der Waals surface area contributed by atoms with Crippen LogP contribution in [0.1, 0.15) is 30.4 Å². The van der Waals surface area contributed by atoms with E-state index in [4.69, 9.17) is 16.3 Å². The van der Waals surface area contributed by atoms with Crippen molar-refractivity contribution in [3.05, 3.63) is 64.7 Å². The zero-order chi connectivity index (χ0) is 21.1. The highest BCUT2D eigenvalue weighted by Gasteiger charge is 2.53. The van der Waals surface area contributed by atoms with Crippen molar-refractivity contribution < 1.29 is 14.3 Å². The molecule has 3 amide bonds. The molecule has 30 heavy (non-hydrogen) atoms. The molecule has 6 nitrogen and oxygen atoms in total. The van der Waals surface area contributed by atoms with Gasteiger partial charge < -0.3 is 10.1 Å². The number of aryl methyl sites for hydroxylation is 1. The third kappa shape index (κ3) is 4.02. The van der Waals surface area contributed by atoms with E-state index < -0.39 is 5.54 Å². The minimum atomic E-state index is -0.940. The Morgan fingerprint density at radius 2 is 1.90 bits per heavy atom. The lowest BCUT2D eigenvalue weighted by molar-refractivity contribution is -0.133. The maximum atomic E-state index is 13.4. The van der Waals surface area contributed by atoms with Crippen LogP contribution in [0.15, 0.2) is 48.5 Å². The molecule has 0 saturated carbocycles. The average Bonchev–Trinajstić information content (AvgIpc) is 2.88. The smallest absolute Gasteiger partial charge is 0.326 e. The van der Waals surface area contributed by atoms with E-state index in [1.54, 1.807) is 12.1 Å². The number of likely N-dealkylation sites (N-methyl/N-ethyl adjacent to an activating group) is 1. The van der Waals surface area contributed by atoms with Gasteiger partial charge in [0, 0.05) is 11.6 Å². The first kappa shape index (κ1) is 20.7. The molecular formula is C23H26ClN3O3. The Balaban J connectivity index is 1.41. The molecule has 158 valence electrons. The van der Waals surface area contributed by atoms with Gasteiger partial charge in [0.05, 0.1) is 6.67 Å². The number of urea groups is 1. The molecule has 4 rings (SSSR count). The predicted molar refractivity (Wildman–Crippen MR) is 115 cm³/mol. The van der Waals surface area contributed by atoms with Crippen LogP contribution >= 0.6 is 11.6 Å². The quantitative estimate of drug-likeness (QED) is 0.712. The number of rotatable bonds is 6. The van der Waals surface area contributed by atoms with Crippen molar-refractivity contribution in [1.29, 1.82) is 0 Å². The Bertz CT molecular complexity index is 934. The van der Waals surface area contributed by atoms with Gasteiger partial charge in [-0.2, -0.15) is 0 Å². The maximum Gasteiger partial charge on any atom is 0.326 e. The van der Waals surface area contributed by atoms with E-state index in [-0.39, 0.29) is 18.6 Å². The third-order valence-corrected chi connectivity index (χ3v) is 6.09. The van der Waals surface area contributed by atoms with Crippen LogP contribution in [0.25, 0.3) is 0 Å². The summed E-state index contributed by atoms with van der Waals surface area (Å²) in [4.78, 5) is 29.4. The summed E-state index contributed by atoms with van der Waals surface area (Å²) in [5.41, 5.74) is 1.15. The largest absolute Gasteiger partial charge is 0.492 e. The van der Waals surface area contributed by atoms with Crippen LogP contribution in [0.4, 0.5) is 4.79 Å². The van der Waals surface area contributed by atoms with Gasteiger partial charge in [-0.05, 0) is 68.1 Å². The van der Waals surface area contributed by atoms with Gasteiger partial charge in [-0.15, -0.1) is 0 Å². The van der Waals surface area contributed by atoms with Gasteiger partial charge in [-0.3, -0.25) is 9.69 Å². The number of imide groups is 1. The van der Waals surface area contributed by atoms with Crippen molar-refractivity contribution in [2.45, 2.75) is 31.2 Å². The molecule has 1 atom stereocenters. The molecule has 1 aliphatic heterocycles. The van der Waals surface area contributed by atoms with Crippen molar-refractivity contribution in [3.63, 3.8) is 0 Å². The summed E-state index contributed by atoms with van der Waals surface area (Å²) in [5, 5.41) is 3.68. The van der Waals surface area contributed by atoms with E-state index in [9.17, 15) is 9.59 Å². The van der Waals surface area contributed by atoms with E-state index in [0.717, 1.165) is 36.1 Å². The van der Waals surface area contributed by atoms with Crippen molar-refractivity contribution >= 4 is 23.5 Å². The number of hydrogen-bond donors (Lipinski definition) is 1. The molecule has 1 N–H and O–H groups in total. The summed E-state index contributed by atoms with van der Waals surface area (Å²) >= 11 is 5.88. The number of carbonyl (C=O) groups excluding carboxylic acids is 2. The van der Waals surface area contributed by atoms with Crippen LogP contribution in [0.5, 0.6) is 5.75 Å². The molecule has 0 bridgehead atoms. The number of amides is 3. The Kier molecular flexibility index (Phi) is 5.97. The highest BCUT2D eigenvalue weighted by Crippen LogP contribution is 2.38. The standard InChI is InChI=1S/C23H26ClN3O3/c1-26(14-15-30-19-11-9-18(24)10-12-19)16-27-21(28)23(25-22(27)29)13-5-4-7-17-6-2-3-8-20(17)23/h2-3,6,8-12H,4-5,7,13-16H2,1H3,(H,25,29). The molecule has 7 heteroatoms. The van der Waals surface area contributed by atoms with Gasteiger partial charge in [0.15, 0.2) is 0 Å². The molecule has 2 aromatic carbocycles. The molecule has 1 saturated heterocycles. The van der Waals surface area contributed by atoms with Crippen LogP contribution in [0.2, 0.25) is 5.02 Å². The Morgan fingerprint density at radius 1 is 1.13 bits per heavy atom. The first-order chi connectivity index (χ1) is 14.5. The molecule has 1 aliphatic carbocycles. The highest BCUT2D eigenvalue weighted by molar-refractivity contribution is 6.30. The molecule has 1 spiro atoms. The number of halogens is 1. The normalized spacial score (nSPS) is 21.0. The van der Waals surface area contributed by atoms with Crippen molar-refractivity contribution in [2.24, 2.45) is 0 Å². The van der Waals surface area contributed by atoms with Crippen LogP contribution in [-0.4, -0.2) is 48.6 Å². The Hall–Kier alpha value is -2.57. The van der Waals surface area contributed by atoms with Crippen LogP contribution in [0.3, 0.4) is 0 Å². The molecule has 0 radical (unpaired) electrons. The second-order valence-corrected chi connectivity index (χ2v) is 8.39. The number of ether oxygens (including phenoxy) is 1.